The number of nitrogens with zero attached hydrogens (tertiary/aromatic N) is 1. The summed E-state index contributed by atoms with van der Waals surface area (Å²) in [6, 6.07) is 1.73. The van der Waals surface area contributed by atoms with Gasteiger partial charge in [-0.2, -0.15) is 0 Å². The quantitative estimate of drug-likeness (QED) is 0.886. The van der Waals surface area contributed by atoms with Crippen molar-refractivity contribution in [3.8, 4) is 5.88 Å². The van der Waals surface area contributed by atoms with Gasteiger partial charge in [0, 0.05) is 5.69 Å². The van der Waals surface area contributed by atoms with Gasteiger partial charge in [0.25, 0.3) is 0 Å². The Labute approximate surface area is 113 Å². The minimum Gasteiger partial charge on any atom is -0.477 e. The molecule has 0 radical (unpaired) electrons. The summed E-state index contributed by atoms with van der Waals surface area (Å²) in [5, 5.41) is 9.27. The Balaban J connectivity index is 2.25. The van der Waals surface area contributed by atoms with Crippen LogP contribution in [0.2, 0.25) is 0 Å². The van der Waals surface area contributed by atoms with Crippen LogP contribution >= 0.6 is 0 Å². The van der Waals surface area contributed by atoms with Crippen molar-refractivity contribution in [1.82, 2.24) is 4.98 Å². The molecule has 0 spiro atoms. The molecule has 104 valence electrons. The fourth-order valence-electron chi connectivity index (χ4n) is 2.60. The van der Waals surface area contributed by atoms with Crippen LogP contribution in [0, 0.1) is 5.92 Å². The lowest BCUT2D eigenvalue weighted by Gasteiger charge is -2.18. The average Bonchev–Trinajstić information content (AvgIpc) is 2.73. The first-order valence-corrected chi connectivity index (χ1v) is 6.90. The lowest BCUT2D eigenvalue weighted by Crippen LogP contribution is -2.18. The van der Waals surface area contributed by atoms with Crippen LogP contribution in [0.3, 0.4) is 0 Å². The maximum Gasteiger partial charge on any atom is 0.341 e. The monoisotopic (exact) mass is 263 g/mol. The Hall–Kier alpha value is -1.58. The summed E-state index contributed by atoms with van der Waals surface area (Å²) >= 11 is 0. The zero-order valence-corrected chi connectivity index (χ0v) is 11.8. The number of aromatic carboxylic acids is 1. The Morgan fingerprint density at radius 3 is 2.79 bits per heavy atom. The molecule has 1 atom stereocenters. The fraction of sp³-hybridized carbons (Fsp3) is 0.600. The molecule has 1 heterocycles. The molecule has 2 rings (SSSR count). The molecule has 19 heavy (non-hydrogen) atoms. The molecule has 1 N–H and O–H groups in total. The molecule has 0 fully saturated rings. The minimum absolute atomic E-state index is 0.0231. The van der Waals surface area contributed by atoms with Crippen LogP contribution in [-0.4, -0.2) is 22.2 Å². The van der Waals surface area contributed by atoms with Crippen molar-refractivity contribution in [2.24, 2.45) is 5.92 Å². The number of carboxylic acids is 1. The number of hydrogen-bond donors (Lipinski definition) is 1. The third-order valence-electron chi connectivity index (χ3n) is 3.36. The molecule has 0 saturated carbocycles. The second-order valence-electron chi connectivity index (χ2n) is 5.66. The van der Waals surface area contributed by atoms with Crippen LogP contribution in [0.15, 0.2) is 6.07 Å². The standard InChI is InChI=1S/C15H21NO3/c1-9(2)7-10(3)19-14-12(15(17)18)8-11-5-4-6-13(11)16-14/h8-10H,4-7H2,1-3H3,(H,17,18). The topological polar surface area (TPSA) is 59.4 Å². The fourth-order valence-corrected chi connectivity index (χ4v) is 2.60. The van der Waals surface area contributed by atoms with Crippen molar-refractivity contribution in [3.63, 3.8) is 0 Å². The van der Waals surface area contributed by atoms with E-state index in [9.17, 15) is 9.90 Å². The van der Waals surface area contributed by atoms with Crippen molar-refractivity contribution in [2.75, 3.05) is 0 Å². The Bertz CT molecular complexity index is 483. The summed E-state index contributed by atoms with van der Waals surface area (Å²) in [6.45, 7) is 6.20. The van der Waals surface area contributed by atoms with E-state index in [4.69, 9.17) is 4.74 Å². The highest BCUT2D eigenvalue weighted by Gasteiger charge is 2.22. The first kappa shape index (κ1) is 13.8. The van der Waals surface area contributed by atoms with E-state index in [1.165, 1.54) is 0 Å². The number of ether oxygens (including phenoxy) is 1. The minimum atomic E-state index is -0.964. The number of aryl methyl sites for hydroxylation is 2. The van der Waals surface area contributed by atoms with Crippen molar-refractivity contribution >= 4 is 5.97 Å². The summed E-state index contributed by atoms with van der Waals surface area (Å²) in [4.78, 5) is 15.7. The number of hydrogen-bond acceptors (Lipinski definition) is 3. The molecule has 1 aromatic heterocycles. The SMILES string of the molecule is CC(C)CC(C)Oc1nc2c(cc1C(=O)O)CCC2. The first-order chi connectivity index (χ1) is 8.97. The third-order valence-corrected chi connectivity index (χ3v) is 3.36. The van der Waals surface area contributed by atoms with Gasteiger partial charge in [-0.25, -0.2) is 9.78 Å². The summed E-state index contributed by atoms with van der Waals surface area (Å²) in [5.74, 6) is -0.173. The summed E-state index contributed by atoms with van der Waals surface area (Å²) < 4.78 is 5.75. The number of rotatable bonds is 5. The highest BCUT2D eigenvalue weighted by Crippen LogP contribution is 2.27. The second-order valence-corrected chi connectivity index (χ2v) is 5.66. The van der Waals surface area contributed by atoms with Crippen molar-refractivity contribution in [2.45, 2.75) is 52.6 Å². The van der Waals surface area contributed by atoms with Crippen LogP contribution in [0.5, 0.6) is 5.88 Å². The predicted octanol–water partition coefficient (Wildman–Crippen LogP) is 3.08. The maximum atomic E-state index is 11.3. The summed E-state index contributed by atoms with van der Waals surface area (Å²) in [5.41, 5.74) is 2.24. The molecule has 1 aliphatic carbocycles. The van der Waals surface area contributed by atoms with Gasteiger partial charge in [-0.3, -0.25) is 0 Å². The molecule has 4 heteroatoms. The lowest BCUT2D eigenvalue weighted by molar-refractivity contribution is 0.0687. The van der Waals surface area contributed by atoms with Crippen LogP contribution in [0.25, 0.3) is 0 Å². The van der Waals surface area contributed by atoms with Gasteiger partial charge < -0.3 is 9.84 Å². The van der Waals surface area contributed by atoms with Gasteiger partial charge >= 0.3 is 5.97 Å². The zero-order valence-electron chi connectivity index (χ0n) is 11.8. The maximum absolute atomic E-state index is 11.3. The van der Waals surface area contributed by atoms with Gasteiger partial charge in [-0.1, -0.05) is 13.8 Å². The Kier molecular flexibility index (Phi) is 4.08. The second kappa shape index (κ2) is 5.59. The summed E-state index contributed by atoms with van der Waals surface area (Å²) in [6.07, 6.45) is 3.75. The van der Waals surface area contributed by atoms with Gasteiger partial charge in [-0.15, -0.1) is 0 Å². The molecule has 1 unspecified atom stereocenters. The van der Waals surface area contributed by atoms with E-state index in [0.717, 1.165) is 36.9 Å². The van der Waals surface area contributed by atoms with E-state index in [2.05, 4.69) is 18.8 Å². The lowest BCUT2D eigenvalue weighted by atomic mass is 10.1. The van der Waals surface area contributed by atoms with E-state index in [-0.39, 0.29) is 17.5 Å². The highest BCUT2D eigenvalue weighted by atomic mass is 16.5. The molecule has 0 aliphatic heterocycles. The van der Waals surface area contributed by atoms with Crippen LogP contribution in [-0.2, 0) is 12.8 Å². The number of fused-ring (bicyclic) bond motifs is 1. The van der Waals surface area contributed by atoms with E-state index in [1.54, 1.807) is 6.07 Å². The molecule has 1 aliphatic rings. The Morgan fingerprint density at radius 2 is 2.16 bits per heavy atom. The number of carbonyl (C=O) groups is 1. The Morgan fingerprint density at radius 1 is 1.42 bits per heavy atom. The summed E-state index contributed by atoms with van der Waals surface area (Å²) in [7, 11) is 0. The first-order valence-electron chi connectivity index (χ1n) is 6.90. The third kappa shape index (κ3) is 3.25. The molecular weight excluding hydrogens is 242 g/mol. The van der Waals surface area contributed by atoms with Gasteiger partial charge in [0.1, 0.15) is 5.56 Å². The highest BCUT2D eigenvalue weighted by molar-refractivity contribution is 5.90. The largest absolute Gasteiger partial charge is 0.477 e. The van der Waals surface area contributed by atoms with E-state index >= 15 is 0 Å². The number of pyridine rings is 1. The van der Waals surface area contributed by atoms with Crippen molar-refractivity contribution in [3.05, 3.63) is 22.9 Å². The molecule has 0 amide bonds. The molecular formula is C15H21NO3. The van der Waals surface area contributed by atoms with Crippen molar-refractivity contribution in [1.29, 1.82) is 0 Å². The van der Waals surface area contributed by atoms with Crippen LogP contribution < -0.4 is 4.74 Å². The van der Waals surface area contributed by atoms with Gasteiger partial charge in [0.05, 0.1) is 6.10 Å². The number of aromatic nitrogens is 1. The molecule has 0 bridgehead atoms. The van der Waals surface area contributed by atoms with Crippen LogP contribution in [0.4, 0.5) is 0 Å². The van der Waals surface area contributed by atoms with E-state index in [0.29, 0.717) is 5.92 Å². The predicted molar refractivity (Wildman–Crippen MR) is 72.8 cm³/mol. The molecule has 0 aromatic carbocycles. The van der Waals surface area contributed by atoms with Crippen molar-refractivity contribution < 1.29 is 14.6 Å². The van der Waals surface area contributed by atoms with E-state index < -0.39 is 5.97 Å². The van der Waals surface area contributed by atoms with Gasteiger partial charge in [-0.05, 0) is 50.2 Å². The van der Waals surface area contributed by atoms with Gasteiger partial charge in [0.15, 0.2) is 0 Å². The average molecular weight is 263 g/mol. The molecule has 1 aromatic rings. The molecule has 0 saturated heterocycles. The van der Waals surface area contributed by atoms with Crippen LogP contribution in [0.1, 0.15) is 55.2 Å². The number of carboxylic acid groups (broad SMARTS) is 1. The zero-order chi connectivity index (χ0) is 14.0. The normalized spacial score (nSPS) is 15.4. The smallest absolute Gasteiger partial charge is 0.341 e. The van der Waals surface area contributed by atoms with E-state index in [1.807, 2.05) is 6.92 Å². The van der Waals surface area contributed by atoms with Gasteiger partial charge in [0.2, 0.25) is 5.88 Å². The molecule has 4 nitrogen and oxygen atoms in total.